The molecule has 0 saturated heterocycles. The molecule has 1 aromatic carbocycles. The van der Waals surface area contributed by atoms with Crippen LogP contribution < -0.4 is 5.32 Å². The molecule has 0 spiro atoms. The van der Waals surface area contributed by atoms with E-state index in [1.807, 2.05) is 30.3 Å². The molecule has 17 heavy (non-hydrogen) atoms. The first-order valence-corrected chi connectivity index (χ1v) is 5.57. The number of nitrogens with one attached hydrogen (secondary N) is 1. The number of aromatic nitrogens is 1. The molecule has 0 radical (unpaired) electrons. The molecule has 0 fully saturated rings. The molecule has 2 aromatic rings. The Morgan fingerprint density at radius 3 is 2.71 bits per heavy atom. The van der Waals surface area contributed by atoms with E-state index in [1.54, 1.807) is 12.3 Å². The van der Waals surface area contributed by atoms with Crippen LogP contribution in [0.25, 0.3) is 0 Å². The topological polar surface area (TPSA) is 42.0 Å². The summed E-state index contributed by atoms with van der Waals surface area (Å²) >= 11 is 5.88. The van der Waals surface area contributed by atoms with E-state index < -0.39 is 0 Å². The van der Waals surface area contributed by atoms with E-state index in [0.29, 0.717) is 17.1 Å². The lowest BCUT2D eigenvalue weighted by atomic mass is 10.2. The number of halogens is 1. The van der Waals surface area contributed by atoms with Crippen molar-refractivity contribution in [2.45, 2.75) is 6.54 Å². The van der Waals surface area contributed by atoms with Crippen LogP contribution >= 0.6 is 11.6 Å². The summed E-state index contributed by atoms with van der Waals surface area (Å²) in [5.41, 5.74) is 1.49. The maximum absolute atomic E-state index is 11.8. The fourth-order valence-electron chi connectivity index (χ4n) is 1.43. The lowest BCUT2D eigenvalue weighted by Gasteiger charge is -2.06. The molecule has 1 N–H and O–H groups in total. The molecule has 0 aliphatic rings. The largest absolute Gasteiger partial charge is 0.348 e. The number of amides is 1. The molecule has 1 aromatic heterocycles. The van der Waals surface area contributed by atoms with Crippen molar-refractivity contribution < 1.29 is 4.79 Å². The number of rotatable bonds is 3. The third kappa shape index (κ3) is 3.04. The minimum absolute atomic E-state index is 0.193. The first kappa shape index (κ1) is 11.6. The highest BCUT2D eigenvalue weighted by Gasteiger charge is 2.08. The van der Waals surface area contributed by atoms with E-state index in [-0.39, 0.29) is 5.91 Å². The van der Waals surface area contributed by atoms with Crippen LogP contribution in [0.15, 0.2) is 48.8 Å². The minimum Gasteiger partial charge on any atom is -0.348 e. The molecule has 1 amide bonds. The van der Waals surface area contributed by atoms with Crippen LogP contribution in [0.5, 0.6) is 0 Å². The van der Waals surface area contributed by atoms with Crippen LogP contribution in [0.4, 0.5) is 0 Å². The summed E-state index contributed by atoms with van der Waals surface area (Å²) in [7, 11) is 0. The summed E-state index contributed by atoms with van der Waals surface area (Å²) in [5.74, 6) is -0.193. The zero-order valence-electron chi connectivity index (χ0n) is 9.06. The van der Waals surface area contributed by atoms with Gasteiger partial charge >= 0.3 is 0 Å². The number of hydrogen-bond acceptors (Lipinski definition) is 2. The molecule has 1 heterocycles. The highest BCUT2D eigenvalue weighted by molar-refractivity contribution is 6.33. The molecule has 0 saturated carbocycles. The Labute approximate surface area is 104 Å². The van der Waals surface area contributed by atoms with Gasteiger partial charge in [0.2, 0.25) is 0 Å². The molecule has 86 valence electrons. The van der Waals surface area contributed by atoms with E-state index in [2.05, 4.69) is 10.3 Å². The number of hydrogen-bond donors (Lipinski definition) is 1. The van der Waals surface area contributed by atoms with Crippen LogP contribution in [-0.2, 0) is 6.54 Å². The Hall–Kier alpha value is -1.87. The van der Waals surface area contributed by atoms with Gasteiger partial charge in [-0.1, -0.05) is 41.9 Å². The SMILES string of the molecule is O=C(NCc1ccccc1)c1ccncc1Cl. The predicted molar refractivity (Wildman–Crippen MR) is 66.9 cm³/mol. The van der Waals surface area contributed by atoms with Gasteiger partial charge in [0.1, 0.15) is 0 Å². The van der Waals surface area contributed by atoms with Crippen LogP contribution in [0, 0.1) is 0 Å². The van der Waals surface area contributed by atoms with Gasteiger partial charge in [0, 0.05) is 18.9 Å². The van der Waals surface area contributed by atoms with E-state index in [9.17, 15) is 4.79 Å². The van der Waals surface area contributed by atoms with Gasteiger partial charge in [-0.2, -0.15) is 0 Å². The van der Waals surface area contributed by atoms with Gasteiger partial charge in [-0.25, -0.2) is 0 Å². The van der Waals surface area contributed by atoms with Crippen molar-refractivity contribution >= 4 is 17.5 Å². The molecule has 0 aliphatic carbocycles. The van der Waals surface area contributed by atoms with Crippen molar-refractivity contribution in [3.63, 3.8) is 0 Å². The van der Waals surface area contributed by atoms with E-state index in [1.165, 1.54) is 6.20 Å². The van der Waals surface area contributed by atoms with Crippen molar-refractivity contribution in [2.24, 2.45) is 0 Å². The second kappa shape index (κ2) is 5.46. The smallest absolute Gasteiger partial charge is 0.253 e. The van der Waals surface area contributed by atoms with Crippen molar-refractivity contribution in [2.75, 3.05) is 0 Å². The lowest BCUT2D eigenvalue weighted by molar-refractivity contribution is 0.0951. The number of benzene rings is 1. The van der Waals surface area contributed by atoms with Gasteiger partial charge < -0.3 is 5.32 Å². The highest BCUT2D eigenvalue weighted by Crippen LogP contribution is 2.13. The summed E-state index contributed by atoms with van der Waals surface area (Å²) in [6.07, 6.45) is 3.00. The summed E-state index contributed by atoms with van der Waals surface area (Å²) in [6, 6.07) is 11.3. The zero-order valence-corrected chi connectivity index (χ0v) is 9.82. The summed E-state index contributed by atoms with van der Waals surface area (Å²) in [6.45, 7) is 0.484. The monoisotopic (exact) mass is 246 g/mol. The van der Waals surface area contributed by atoms with Gasteiger partial charge in [0.15, 0.2) is 0 Å². The molecule has 0 bridgehead atoms. The Kier molecular flexibility index (Phi) is 3.73. The van der Waals surface area contributed by atoms with Crippen LogP contribution in [-0.4, -0.2) is 10.9 Å². The van der Waals surface area contributed by atoms with Crippen molar-refractivity contribution in [3.8, 4) is 0 Å². The third-order valence-electron chi connectivity index (χ3n) is 2.31. The first-order valence-electron chi connectivity index (χ1n) is 5.19. The average molecular weight is 247 g/mol. The minimum atomic E-state index is -0.193. The van der Waals surface area contributed by atoms with Crippen LogP contribution in [0.3, 0.4) is 0 Å². The van der Waals surface area contributed by atoms with Gasteiger partial charge in [-0.15, -0.1) is 0 Å². The molecule has 4 heteroatoms. The average Bonchev–Trinajstić information content (AvgIpc) is 2.38. The third-order valence-corrected chi connectivity index (χ3v) is 2.61. The van der Waals surface area contributed by atoms with Gasteiger partial charge in [0.05, 0.1) is 10.6 Å². The zero-order chi connectivity index (χ0) is 12.1. The fraction of sp³-hybridized carbons (Fsp3) is 0.0769. The molecule has 2 rings (SSSR count). The lowest BCUT2D eigenvalue weighted by Crippen LogP contribution is -2.23. The molecular weight excluding hydrogens is 236 g/mol. The Morgan fingerprint density at radius 1 is 1.24 bits per heavy atom. The van der Waals surface area contributed by atoms with Gasteiger partial charge in [0.25, 0.3) is 5.91 Å². The molecule has 0 unspecified atom stereocenters. The standard InChI is InChI=1S/C13H11ClN2O/c14-12-9-15-7-6-11(12)13(17)16-8-10-4-2-1-3-5-10/h1-7,9H,8H2,(H,16,17). The number of carbonyl (C=O) groups excluding carboxylic acids is 1. The Morgan fingerprint density at radius 2 is 2.00 bits per heavy atom. The maximum atomic E-state index is 11.8. The van der Waals surface area contributed by atoms with Crippen molar-refractivity contribution in [3.05, 3.63) is 64.9 Å². The van der Waals surface area contributed by atoms with Crippen molar-refractivity contribution in [1.29, 1.82) is 0 Å². The predicted octanol–water partition coefficient (Wildman–Crippen LogP) is 2.67. The highest BCUT2D eigenvalue weighted by atomic mass is 35.5. The van der Waals surface area contributed by atoms with Gasteiger partial charge in [-0.05, 0) is 11.6 Å². The first-order chi connectivity index (χ1) is 8.27. The van der Waals surface area contributed by atoms with Gasteiger partial charge in [-0.3, -0.25) is 9.78 Å². The summed E-state index contributed by atoms with van der Waals surface area (Å²) in [5, 5.41) is 3.16. The maximum Gasteiger partial charge on any atom is 0.253 e. The number of pyridine rings is 1. The van der Waals surface area contributed by atoms with E-state index >= 15 is 0 Å². The second-order valence-corrected chi connectivity index (χ2v) is 3.93. The Balaban J connectivity index is 2.01. The van der Waals surface area contributed by atoms with Crippen LogP contribution in [0.2, 0.25) is 5.02 Å². The number of carbonyl (C=O) groups is 1. The van der Waals surface area contributed by atoms with E-state index in [4.69, 9.17) is 11.6 Å². The number of nitrogens with zero attached hydrogens (tertiary/aromatic N) is 1. The normalized spacial score (nSPS) is 9.94. The van der Waals surface area contributed by atoms with Crippen LogP contribution in [0.1, 0.15) is 15.9 Å². The summed E-state index contributed by atoms with van der Waals surface area (Å²) in [4.78, 5) is 15.6. The molecule has 0 aliphatic heterocycles. The molecule has 3 nitrogen and oxygen atoms in total. The van der Waals surface area contributed by atoms with E-state index in [0.717, 1.165) is 5.56 Å². The molecular formula is C13H11ClN2O. The summed E-state index contributed by atoms with van der Waals surface area (Å²) < 4.78 is 0. The fourth-order valence-corrected chi connectivity index (χ4v) is 1.64. The van der Waals surface area contributed by atoms with Crippen molar-refractivity contribution in [1.82, 2.24) is 10.3 Å². The quantitative estimate of drug-likeness (QED) is 0.905. The second-order valence-electron chi connectivity index (χ2n) is 3.52. The molecule has 0 atom stereocenters. The Bertz CT molecular complexity index is 514.